The van der Waals surface area contributed by atoms with Gasteiger partial charge in [-0.2, -0.15) is 4.31 Å². The zero-order chi connectivity index (χ0) is 16.4. The number of nitrogens with zero attached hydrogens (tertiary/aromatic N) is 4. The molecule has 0 atom stereocenters. The van der Waals surface area contributed by atoms with Gasteiger partial charge in [0.15, 0.2) is 4.60 Å². The maximum atomic E-state index is 12.8. The molecule has 0 radical (unpaired) electrons. The zero-order valence-corrected chi connectivity index (χ0v) is 15.3. The third-order valence-corrected chi connectivity index (χ3v) is 7.05. The lowest BCUT2D eigenvalue weighted by Gasteiger charge is -2.31. The molecular formula is C15H19BrN4O2S. The van der Waals surface area contributed by atoms with Gasteiger partial charge in [0.25, 0.3) is 10.0 Å². The first kappa shape index (κ1) is 16.6. The molecule has 124 valence electrons. The van der Waals surface area contributed by atoms with Crippen molar-refractivity contribution in [3.05, 3.63) is 40.5 Å². The summed E-state index contributed by atoms with van der Waals surface area (Å²) in [6.07, 6.45) is 2.75. The number of hydrogen-bond acceptors (Lipinski definition) is 4. The van der Waals surface area contributed by atoms with Crippen molar-refractivity contribution in [2.75, 3.05) is 13.1 Å². The van der Waals surface area contributed by atoms with E-state index in [2.05, 4.69) is 38.4 Å². The van der Waals surface area contributed by atoms with E-state index in [1.165, 1.54) is 14.6 Å². The van der Waals surface area contributed by atoms with Gasteiger partial charge in [-0.05, 0) is 46.7 Å². The Morgan fingerprint density at radius 3 is 2.43 bits per heavy atom. The van der Waals surface area contributed by atoms with Gasteiger partial charge in [-0.1, -0.05) is 35.5 Å². The van der Waals surface area contributed by atoms with Crippen molar-refractivity contribution in [1.29, 1.82) is 0 Å². The van der Waals surface area contributed by atoms with Crippen molar-refractivity contribution < 1.29 is 8.42 Å². The Morgan fingerprint density at radius 1 is 1.22 bits per heavy atom. The van der Waals surface area contributed by atoms with Gasteiger partial charge in [0.1, 0.15) is 0 Å². The molecule has 1 aliphatic heterocycles. The maximum Gasteiger partial charge on any atom is 0.263 e. The highest BCUT2D eigenvalue weighted by Crippen LogP contribution is 2.28. The molecule has 0 amide bonds. The number of benzene rings is 1. The molecule has 0 saturated carbocycles. The SMILES string of the molecule is Cn1nnc(Br)c1S(=O)(=O)N1CCC(Cc2ccccc2)CC1. The summed E-state index contributed by atoms with van der Waals surface area (Å²) in [7, 11) is -1.96. The highest BCUT2D eigenvalue weighted by Gasteiger charge is 2.33. The first-order valence-electron chi connectivity index (χ1n) is 7.57. The molecule has 1 aliphatic rings. The lowest BCUT2D eigenvalue weighted by atomic mass is 9.91. The normalized spacial score (nSPS) is 17.5. The van der Waals surface area contributed by atoms with Crippen LogP contribution in [0.25, 0.3) is 0 Å². The van der Waals surface area contributed by atoms with Gasteiger partial charge in [0, 0.05) is 20.1 Å². The van der Waals surface area contributed by atoms with Gasteiger partial charge in [-0.15, -0.1) is 5.10 Å². The Hall–Kier alpha value is -1.25. The van der Waals surface area contributed by atoms with Crippen molar-refractivity contribution in [1.82, 2.24) is 19.3 Å². The molecular weight excluding hydrogens is 380 g/mol. The molecule has 6 nitrogen and oxygen atoms in total. The number of halogens is 1. The first-order chi connectivity index (χ1) is 11.0. The average Bonchev–Trinajstić information content (AvgIpc) is 2.88. The van der Waals surface area contributed by atoms with Crippen molar-refractivity contribution in [3.63, 3.8) is 0 Å². The van der Waals surface area contributed by atoms with Crippen LogP contribution in [0.3, 0.4) is 0 Å². The molecule has 1 saturated heterocycles. The number of aromatic nitrogens is 3. The lowest BCUT2D eigenvalue weighted by Crippen LogP contribution is -2.39. The average molecular weight is 399 g/mol. The summed E-state index contributed by atoms with van der Waals surface area (Å²) in [5.41, 5.74) is 1.31. The molecule has 0 aliphatic carbocycles. The molecule has 8 heteroatoms. The highest BCUT2D eigenvalue weighted by molar-refractivity contribution is 9.10. The van der Waals surface area contributed by atoms with E-state index >= 15 is 0 Å². The number of hydrogen-bond donors (Lipinski definition) is 0. The van der Waals surface area contributed by atoms with E-state index in [9.17, 15) is 8.42 Å². The van der Waals surface area contributed by atoms with Crippen LogP contribution in [-0.2, 0) is 23.5 Å². The largest absolute Gasteiger partial charge is 0.263 e. The molecule has 23 heavy (non-hydrogen) atoms. The van der Waals surface area contributed by atoms with E-state index in [1.54, 1.807) is 7.05 Å². The summed E-state index contributed by atoms with van der Waals surface area (Å²) < 4.78 is 28.6. The second-order valence-electron chi connectivity index (χ2n) is 5.85. The van der Waals surface area contributed by atoms with E-state index in [4.69, 9.17) is 0 Å². The summed E-state index contributed by atoms with van der Waals surface area (Å²) in [5.74, 6) is 0.525. The third kappa shape index (κ3) is 3.49. The number of piperidine rings is 1. The van der Waals surface area contributed by atoms with Crippen molar-refractivity contribution in [2.45, 2.75) is 24.3 Å². The van der Waals surface area contributed by atoms with Gasteiger partial charge in [-0.25, -0.2) is 13.1 Å². The predicted molar refractivity (Wildman–Crippen MR) is 90.3 cm³/mol. The Bertz CT molecular complexity index is 749. The van der Waals surface area contributed by atoms with Crippen LogP contribution in [0.1, 0.15) is 18.4 Å². The zero-order valence-electron chi connectivity index (χ0n) is 12.9. The van der Waals surface area contributed by atoms with Gasteiger partial charge in [0.05, 0.1) is 0 Å². The molecule has 0 N–H and O–H groups in total. The van der Waals surface area contributed by atoms with E-state index in [0.717, 1.165) is 19.3 Å². The van der Waals surface area contributed by atoms with Crippen molar-refractivity contribution in [2.24, 2.45) is 13.0 Å². The Balaban J connectivity index is 1.67. The molecule has 0 spiro atoms. The number of rotatable bonds is 4. The first-order valence-corrected chi connectivity index (χ1v) is 9.81. The minimum atomic E-state index is -3.55. The van der Waals surface area contributed by atoms with Crippen LogP contribution in [0.4, 0.5) is 0 Å². The van der Waals surface area contributed by atoms with Crippen LogP contribution in [0, 0.1) is 5.92 Å². The quantitative estimate of drug-likeness (QED) is 0.791. The number of sulfonamides is 1. The van der Waals surface area contributed by atoms with Crippen molar-refractivity contribution >= 4 is 26.0 Å². The van der Waals surface area contributed by atoms with E-state index in [0.29, 0.717) is 19.0 Å². The van der Waals surface area contributed by atoms with Crippen molar-refractivity contribution in [3.8, 4) is 0 Å². The summed E-state index contributed by atoms with van der Waals surface area (Å²) in [6.45, 7) is 1.08. The molecule has 0 unspecified atom stereocenters. The van der Waals surface area contributed by atoms with Crippen LogP contribution >= 0.6 is 15.9 Å². The van der Waals surface area contributed by atoms with Crippen LogP contribution in [-0.4, -0.2) is 40.8 Å². The fraction of sp³-hybridized carbons (Fsp3) is 0.467. The Labute approximate surface area is 144 Å². The van der Waals surface area contributed by atoms with Gasteiger partial charge < -0.3 is 0 Å². The molecule has 3 rings (SSSR count). The Kier molecular flexibility index (Phi) is 4.84. The lowest BCUT2D eigenvalue weighted by molar-refractivity contribution is 0.271. The summed E-state index contributed by atoms with van der Waals surface area (Å²) in [5, 5.41) is 7.66. The summed E-state index contributed by atoms with van der Waals surface area (Å²) >= 11 is 3.18. The molecule has 2 aromatic rings. The third-order valence-electron chi connectivity index (χ3n) is 4.26. The summed E-state index contributed by atoms with van der Waals surface area (Å²) in [4.78, 5) is 0. The molecule has 2 heterocycles. The molecule has 1 aromatic heterocycles. The molecule has 0 bridgehead atoms. The second kappa shape index (κ2) is 6.70. The van der Waals surface area contributed by atoms with Gasteiger partial charge in [0.2, 0.25) is 5.03 Å². The topological polar surface area (TPSA) is 68.1 Å². The maximum absolute atomic E-state index is 12.8. The second-order valence-corrected chi connectivity index (χ2v) is 8.45. The van der Waals surface area contributed by atoms with Gasteiger partial charge in [-0.3, -0.25) is 0 Å². The smallest absolute Gasteiger partial charge is 0.235 e. The predicted octanol–water partition coefficient (Wildman–Crippen LogP) is 2.22. The van der Waals surface area contributed by atoms with Crippen LogP contribution in [0.5, 0.6) is 0 Å². The monoisotopic (exact) mass is 398 g/mol. The van der Waals surface area contributed by atoms with Gasteiger partial charge >= 0.3 is 0 Å². The van der Waals surface area contributed by atoms with E-state index < -0.39 is 10.0 Å². The van der Waals surface area contributed by atoms with E-state index in [-0.39, 0.29) is 9.63 Å². The minimum Gasteiger partial charge on any atom is -0.235 e. The fourth-order valence-electron chi connectivity index (χ4n) is 3.02. The van der Waals surface area contributed by atoms with E-state index in [1.807, 2.05) is 18.2 Å². The van der Waals surface area contributed by atoms with Crippen LogP contribution in [0.15, 0.2) is 40.0 Å². The highest BCUT2D eigenvalue weighted by atomic mass is 79.9. The Morgan fingerprint density at radius 2 is 1.87 bits per heavy atom. The number of aryl methyl sites for hydroxylation is 1. The standard InChI is InChI=1S/C15H19BrN4O2S/c1-19-15(14(16)17-18-19)23(21,22)20-9-7-13(8-10-20)11-12-5-3-2-4-6-12/h2-6,13H,7-11H2,1H3. The summed E-state index contributed by atoms with van der Waals surface area (Å²) in [6, 6.07) is 10.4. The molecule has 1 fully saturated rings. The fourth-order valence-corrected chi connectivity index (χ4v) is 5.52. The molecule has 1 aromatic carbocycles. The minimum absolute atomic E-state index is 0.124. The van der Waals surface area contributed by atoms with Crippen LogP contribution in [0.2, 0.25) is 0 Å². The van der Waals surface area contributed by atoms with Crippen LogP contribution < -0.4 is 0 Å².